The molecule has 0 spiro atoms. The molecular formula is C19H22N2O4. The molecule has 0 saturated carbocycles. The molecule has 0 aliphatic carbocycles. The Hall–Kier alpha value is -2.73. The summed E-state index contributed by atoms with van der Waals surface area (Å²) in [6.07, 6.45) is 2.91. The number of aliphatic carboxylic acids is 1. The van der Waals surface area contributed by atoms with E-state index < -0.39 is 11.5 Å². The number of ether oxygens (including phenoxy) is 1. The topological polar surface area (TPSA) is 88.5 Å². The standard InChI is InChI=1S/C19H22N2O4/c1-13-5-4-6-14(7-13)15-8-16(11-20-10-15)18(24)21-19(2,12-25-3)9-17(22)23/h4-8,10-11H,9,12H2,1-3H3,(H,21,24)(H,22,23). The Balaban J connectivity index is 2.24. The Labute approximate surface area is 146 Å². The minimum absolute atomic E-state index is 0.0933. The SMILES string of the molecule is COCC(C)(CC(=O)O)NC(=O)c1cncc(-c2cccc(C)c2)c1. The zero-order valence-electron chi connectivity index (χ0n) is 14.6. The van der Waals surface area contributed by atoms with Gasteiger partial charge in [-0.1, -0.05) is 29.8 Å². The maximum Gasteiger partial charge on any atom is 0.305 e. The van der Waals surface area contributed by atoms with E-state index in [9.17, 15) is 9.59 Å². The molecule has 2 rings (SSSR count). The van der Waals surface area contributed by atoms with Crippen molar-refractivity contribution < 1.29 is 19.4 Å². The van der Waals surface area contributed by atoms with Gasteiger partial charge in [-0.3, -0.25) is 14.6 Å². The number of carboxylic acid groups (broad SMARTS) is 1. The first-order chi connectivity index (χ1) is 11.8. The Morgan fingerprint density at radius 1 is 1.24 bits per heavy atom. The third-order valence-electron chi connectivity index (χ3n) is 3.77. The average Bonchev–Trinajstić information content (AvgIpc) is 2.54. The molecule has 25 heavy (non-hydrogen) atoms. The number of nitrogens with zero attached hydrogens (tertiary/aromatic N) is 1. The lowest BCUT2D eigenvalue weighted by atomic mass is 9.98. The van der Waals surface area contributed by atoms with Crippen molar-refractivity contribution in [1.82, 2.24) is 10.3 Å². The molecular weight excluding hydrogens is 320 g/mol. The molecule has 0 aliphatic rings. The summed E-state index contributed by atoms with van der Waals surface area (Å²) in [4.78, 5) is 27.8. The van der Waals surface area contributed by atoms with Crippen LogP contribution in [0.5, 0.6) is 0 Å². The minimum Gasteiger partial charge on any atom is -0.481 e. The Bertz CT molecular complexity index is 776. The van der Waals surface area contributed by atoms with Crippen molar-refractivity contribution in [2.45, 2.75) is 25.8 Å². The molecule has 6 heteroatoms. The van der Waals surface area contributed by atoms with Gasteiger partial charge in [-0.15, -0.1) is 0 Å². The fraction of sp³-hybridized carbons (Fsp3) is 0.316. The van der Waals surface area contributed by atoms with E-state index in [1.165, 1.54) is 13.3 Å². The largest absolute Gasteiger partial charge is 0.481 e. The highest BCUT2D eigenvalue weighted by Gasteiger charge is 2.30. The van der Waals surface area contributed by atoms with E-state index in [-0.39, 0.29) is 18.9 Å². The predicted octanol–water partition coefficient (Wildman–Crippen LogP) is 2.67. The number of pyridine rings is 1. The number of hydrogen-bond acceptors (Lipinski definition) is 4. The van der Waals surface area contributed by atoms with E-state index >= 15 is 0 Å². The zero-order valence-corrected chi connectivity index (χ0v) is 14.6. The van der Waals surface area contributed by atoms with E-state index in [1.54, 1.807) is 19.2 Å². The first-order valence-electron chi connectivity index (χ1n) is 7.88. The van der Waals surface area contributed by atoms with Gasteiger partial charge in [0, 0.05) is 25.1 Å². The molecule has 0 saturated heterocycles. The van der Waals surface area contributed by atoms with Crippen LogP contribution >= 0.6 is 0 Å². The molecule has 1 heterocycles. The number of carbonyl (C=O) groups is 2. The van der Waals surface area contributed by atoms with Crippen molar-refractivity contribution >= 4 is 11.9 Å². The lowest BCUT2D eigenvalue weighted by Crippen LogP contribution is -2.50. The van der Waals surface area contributed by atoms with Gasteiger partial charge in [0.2, 0.25) is 0 Å². The molecule has 0 bridgehead atoms. The summed E-state index contributed by atoms with van der Waals surface area (Å²) < 4.78 is 5.06. The number of rotatable bonds is 7. The number of benzene rings is 1. The van der Waals surface area contributed by atoms with Gasteiger partial charge in [-0.05, 0) is 25.5 Å². The van der Waals surface area contributed by atoms with Crippen LogP contribution in [0.2, 0.25) is 0 Å². The summed E-state index contributed by atoms with van der Waals surface area (Å²) in [7, 11) is 1.46. The van der Waals surface area contributed by atoms with Crippen LogP contribution in [0.25, 0.3) is 11.1 Å². The summed E-state index contributed by atoms with van der Waals surface area (Å²) >= 11 is 0. The van der Waals surface area contributed by atoms with Crippen LogP contribution in [-0.2, 0) is 9.53 Å². The molecule has 132 valence electrons. The maximum atomic E-state index is 12.6. The van der Waals surface area contributed by atoms with Gasteiger partial charge in [-0.2, -0.15) is 0 Å². The van der Waals surface area contributed by atoms with E-state index in [0.717, 1.165) is 16.7 Å². The summed E-state index contributed by atoms with van der Waals surface area (Å²) in [5.41, 5.74) is 2.26. The summed E-state index contributed by atoms with van der Waals surface area (Å²) in [5.74, 6) is -1.39. The van der Waals surface area contributed by atoms with E-state index in [1.807, 2.05) is 31.2 Å². The molecule has 1 aromatic carbocycles. The second-order valence-electron chi connectivity index (χ2n) is 6.35. The Morgan fingerprint density at radius 3 is 2.64 bits per heavy atom. The third-order valence-corrected chi connectivity index (χ3v) is 3.77. The maximum absolute atomic E-state index is 12.6. The van der Waals surface area contributed by atoms with E-state index in [2.05, 4.69) is 10.3 Å². The normalized spacial score (nSPS) is 13.1. The van der Waals surface area contributed by atoms with Gasteiger partial charge >= 0.3 is 5.97 Å². The molecule has 0 radical (unpaired) electrons. The van der Waals surface area contributed by atoms with Gasteiger partial charge < -0.3 is 15.2 Å². The number of carbonyl (C=O) groups excluding carboxylic acids is 1. The lowest BCUT2D eigenvalue weighted by Gasteiger charge is -2.28. The monoisotopic (exact) mass is 342 g/mol. The Morgan fingerprint density at radius 2 is 2.00 bits per heavy atom. The molecule has 2 N–H and O–H groups in total. The van der Waals surface area contributed by atoms with Crippen molar-refractivity contribution in [2.24, 2.45) is 0 Å². The average molecular weight is 342 g/mol. The van der Waals surface area contributed by atoms with Crippen LogP contribution in [0, 0.1) is 6.92 Å². The first-order valence-corrected chi connectivity index (χ1v) is 7.88. The number of hydrogen-bond donors (Lipinski definition) is 2. The lowest BCUT2D eigenvalue weighted by molar-refractivity contribution is -0.139. The number of aromatic nitrogens is 1. The second-order valence-corrected chi connectivity index (χ2v) is 6.35. The van der Waals surface area contributed by atoms with Crippen molar-refractivity contribution in [2.75, 3.05) is 13.7 Å². The van der Waals surface area contributed by atoms with Crippen molar-refractivity contribution in [3.05, 3.63) is 53.9 Å². The van der Waals surface area contributed by atoms with E-state index in [0.29, 0.717) is 5.56 Å². The van der Waals surface area contributed by atoms with Gasteiger partial charge in [0.25, 0.3) is 5.91 Å². The van der Waals surface area contributed by atoms with Crippen LogP contribution in [0.3, 0.4) is 0 Å². The number of nitrogens with one attached hydrogen (secondary N) is 1. The highest BCUT2D eigenvalue weighted by atomic mass is 16.5. The number of methoxy groups -OCH3 is 1. The van der Waals surface area contributed by atoms with Crippen molar-refractivity contribution in [3.8, 4) is 11.1 Å². The highest BCUT2D eigenvalue weighted by molar-refractivity contribution is 5.95. The third kappa shape index (κ3) is 5.12. The van der Waals surface area contributed by atoms with E-state index in [4.69, 9.17) is 9.84 Å². The summed E-state index contributed by atoms with van der Waals surface area (Å²) in [6.45, 7) is 3.73. The molecule has 1 amide bonds. The van der Waals surface area contributed by atoms with Crippen molar-refractivity contribution in [3.63, 3.8) is 0 Å². The van der Waals surface area contributed by atoms with Crippen molar-refractivity contribution in [1.29, 1.82) is 0 Å². The fourth-order valence-corrected chi connectivity index (χ4v) is 2.68. The summed E-state index contributed by atoms with van der Waals surface area (Å²) in [6, 6.07) is 9.64. The summed E-state index contributed by atoms with van der Waals surface area (Å²) in [5, 5.41) is 11.8. The number of amides is 1. The molecule has 1 aromatic heterocycles. The molecule has 2 aromatic rings. The minimum atomic E-state index is -1.01. The van der Waals surface area contributed by atoms with Gasteiger partial charge in [0.05, 0.1) is 24.1 Å². The first kappa shape index (κ1) is 18.6. The Kier molecular flexibility index (Phi) is 5.88. The quantitative estimate of drug-likeness (QED) is 0.807. The van der Waals surface area contributed by atoms with Crippen LogP contribution in [0.15, 0.2) is 42.7 Å². The molecule has 6 nitrogen and oxygen atoms in total. The smallest absolute Gasteiger partial charge is 0.305 e. The highest BCUT2D eigenvalue weighted by Crippen LogP contribution is 2.21. The fourth-order valence-electron chi connectivity index (χ4n) is 2.68. The van der Waals surface area contributed by atoms with Gasteiger partial charge in [0.1, 0.15) is 0 Å². The molecule has 1 unspecified atom stereocenters. The molecule has 1 atom stereocenters. The molecule has 0 fully saturated rings. The zero-order chi connectivity index (χ0) is 18.4. The second kappa shape index (κ2) is 7.90. The van der Waals surface area contributed by atoms with Gasteiger partial charge in [0.15, 0.2) is 0 Å². The molecule has 0 aliphatic heterocycles. The van der Waals surface area contributed by atoms with Crippen LogP contribution in [0.1, 0.15) is 29.3 Å². The van der Waals surface area contributed by atoms with Gasteiger partial charge in [-0.25, -0.2) is 0 Å². The van der Waals surface area contributed by atoms with Crippen LogP contribution in [-0.4, -0.2) is 41.2 Å². The van der Waals surface area contributed by atoms with Crippen LogP contribution < -0.4 is 5.32 Å². The van der Waals surface area contributed by atoms with Crippen LogP contribution in [0.4, 0.5) is 0 Å². The number of carboxylic acids is 1. The predicted molar refractivity (Wildman–Crippen MR) is 94.4 cm³/mol. The number of aryl methyl sites for hydroxylation is 1.